The van der Waals surface area contributed by atoms with Gasteiger partial charge in [0.15, 0.2) is 0 Å². The summed E-state index contributed by atoms with van der Waals surface area (Å²) in [6.45, 7) is 0.369. The van der Waals surface area contributed by atoms with E-state index in [0.29, 0.717) is 11.8 Å². The third kappa shape index (κ3) is 6.82. The van der Waals surface area contributed by atoms with Crippen molar-refractivity contribution in [3.63, 3.8) is 0 Å². The second kappa shape index (κ2) is 7.13. The van der Waals surface area contributed by atoms with Gasteiger partial charge in [-0.25, -0.2) is 0 Å². The highest BCUT2D eigenvalue weighted by Crippen LogP contribution is 2.20. The molecule has 0 atom stereocenters. The molecule has 3 nitrogen and oxygen atoms in total. The normalized spacial score (nSPS) is 15.5. The van der Waals surface area contributed by atoms with Gasteiger partial charge in [0.1, 0.15) is 12.4 Å². The Labute approximate surface area is 123 Å². The van der Waals surface area contributed by atoms with Crippen LogP contribution in [0.25, 0.3) is 0 Å². The average molecular weight is 302 g/mol. The van der Waals surface area contributed by atoms with Gasteiger partial charge in [-0.15, -0.1) is 0 Å². The maximum absolute atomic E-state index is 12.2. The molecule has 2 rings (SSSR count). The molecule has 0 radical (unpaired) electrons. The summed E-state index contributed by atoms with van der Waals surface area (Å²) in [4.78, 5) is 1.21. The average Bonchev–Trinajstić information content (AvgIpc) is 3.19. The molecule has 1 aliphatic carbocycles. The monoisotopic (exact) mass is 302 g/mol. The second-order valence-electron chi connectivity index (χ2n) is 5.50. The maximum atomic E-state index is 12.2. The summed E-state index contributed by atoms with van der Waals surface area (Å²) in [5.74, 6) is 0.700. The number of ether oxygens (including phenoxy) is 1. The molecular weight excluding hydrogens is 281 g/mol. The minimum Gasteiger partial charge on any atom is -0.492 e. The Morgan fingerprint density at radius 3 is 2.76 bits per heavy atom. The predicted molar refractivity (Wildman–Crippen MR) is 75.4 cm³/mol. The summed E-state index contributed by atoms with van der Waals surface area (Å²) in [6.07, 6.45) is -1.69. The van der Waals surface area contributed by atoms with Gasteiger partial charge in [-0.05, 0) is 37.6 Å². The van der Waals surface area contributed by atoms with Gasteiger partial charge in [0.25, 0.3) is 0 Å². The zero-order chi connectivity index (χ0) is 15.3. The Morgan fingerprint density at radius 2 is 2.10 bits per heavy atom. The molecule has 0 unspecified atom stereocenters. The van der Waals surface area contributed by atoms with Crippen LogP contribution in [-0.4, -0.2) is 43.9 Å². The van der Waals surface area contributed by atoms with Crippen molar-refractivity contribution in [2.45, 2.75) is 31.6 Å². The van der Waals surface area contributed by atoms with Crippen LogP contribution in [0.5, 0.6) is 5.75 Å². The molecule has 0 spiro atoms. The highest BCUT2D eigenvalue weighted by atomic mass is 19.4. The number of hydrogen-bond acceptors (Lipinski definition) is 3. The number of hydrogen-bond donors (Lipinski definition) is 1. The molecule has 21 heavy (non-hydrogen) atoms. The molecule has 118 valence electrons. The molecule has 1 saturated carbocycles. The summed E-state index contributed by atoms with van der Waals surface area (Å²) in [6, 6.07) is 8.31. The molecule has 1 aromatic rings. The van der Waals surface area contributed by atoms with E-state index in [2.05, 4.69) is 5.32 Å². The van der Waals surface area contributed by atoms with E-state index in [0.717, 1.165) is 12.1 Å². The lowest BCUT2D eigenvalue weighted by Crippen LogP contribution is -2.33. The van der Waals surface area contributed by atoms with Crippen molar-refractivity contribution in [3.05, 3.63) is 29.8 Å². The van der Waals surface area contributed by atoms with Crippen LogP contribution >= 0.6 is 0 Å². The Morgan fingerprint density at radius 1 is 1.33 bits per heavy atom. The lowest BCUT2D eigenvalue weighted by atomic mass is 10.2. The first kappa shape index (κ1) is 16.1. The molecule has 0 aromatic heterocycles. The zero-order valence-electron chi connectivity index (χ0n) is 12.1. The number of alkyl halides is 3. The van der Waals surface area contributed by atoms with Crippen LogP contribution < -0.4 is 10.1 Å². The SMILES string of the molecule is CN(CCOc1cccc(CNC2CC2)c1)CC(F)(F)F. The fraction of sp³-hybridized carbons (Fsp3) is 0.600. The maximum Gasteiger partial charge on any atom is 0.401 e. The number of halogens is 3. The molecule has 0 amide bonds. The lowest BCUT2D eigenvalue weighted by Gasteiger charge is -2.18. The summed E-state index contributed by atoms with van der Waals surface area (Å²) in [7, 11) is 1.44. The zero-order valence-corrected chi connectivity index (χ0v) is 12.1. The topological polar surface area (TPSA) is 24.5 Å². The van der Waals surface area contributed by atoms with E-state index >= 15 is 0 Å². The molecular formula is C15H21F3N2O. The summed E-state index contributed by atoms with van der Waals surface area (Å²) in [5, 5.41) is 3.41. The quantitative estimate of drug-likeness (QED) is 0.799. The standard InChI is InChI=1S/C15H21F3N2O/c1-20(11-15(16,17)18)7-8-21-14-4-2-3-12(9-14)10-19-13-5-6-13/h2-4,9,13,19H,5-8,10-11H2,1H3. The molecule has 1 aromatic carbocycles. The fourth-order valence-corrected chi connectivity index (χ4v) is 2.00. The van der Waals surface area contributed by atoms with Gasteiger partial charge in [-0.2, -0.15) is 13.2 Å². The van der Waals surface area contributed by atoms with Crippen molar-refractivity contribution in [1.82, 2.24) is 10.2 Å². The van der Waals surface area contributed by atoms with Crippen molar-refractivity contribution in [1.29, 1.82) is 0 Å². The highest BCUT2D eigenvalue weighted by molar-refractivity contribution is 5.28. The second-order valence-corrected chi connectivity index (χ2v) is 5.50. The van der Waals surface area contributed by atoms with Crippen LogP contribution in [0.15, 0.2) is 24.3 Å². The molecule has 0 aliphatic heterocycles. The molecule has 1 N–H and O–H groups in total. The van der Waals surface area contributed by atoms with Crippen molar-refractivity contribution in [2.75, 3.05) is 26.7 Å². The van der Waals surface area contributed by atoms with Gasteiger partial charge in [-0.3, -0.25) is 4.90 Å². The predicted octanol–water partition coefficient (Wildman–Crippen LogP) is 2.81. The smallest absolute Gasteiger partial charge is 0.401 e. The van der Waals surface area contributed by atoms with Crippen LogP contribution in [0.4, 0.5) is 13.2 Å². The van der Waals surface area contributed by atoms with E-state index < -0.39 is 12.7 Å². The summed E-state index contributed by atoms with van der Waals surface area (Å²) >= 11 is 0. The molecule has 0 heterocycles. The molecule has 1 fully saturated rings. The van der Waals surface area contributed by atoms with E-state index in [1.807, 2.05) is 24.3 Å². The van der Waals surface area contributed by atoms with Crippen molar-refractivity contribution in [2.24, 2.45) is 0 Å². The van der Waals surface area contributed by atoms with Crippen molar-refractivity contribution >= 4 is 0 Å². The Kier molecular flexibility index (Phi) is 5.47. The van der Waals surface area contributed by atoms with E-state index in [9.17, 15) is 13.2 Å². The van der Waals surface area contributed by atoms with E-state index in [4.69, 9.17) is 4.74 Å². The van der Waals surface area contributed by atoms with Gasteiger partial charge in [0.2, 0.25) is 0 Å². The third-order valence-electron chi connectivity index (χ3n) is 3.26. The van der Waals surface area contributed by atoms with Gasteiger partial charge >= 0.3 is 6.18 Å². The number of likely N-dealkylation sites (N-methyl/N-ethyl adjacent to an activating group) is 1. The van der Waals surface area contributed by atoms with Gasteiger partial charge < -0.3 is 10.1 Å². The number of nitrogens with one attached hydrogen (secondary N) is 1. The number of rotatable bonds is 8. The summed E-state index contributed by atoms with van der Waals surface area (Å²) in [5.41, 5.74) is 1.13. The van der Waals surface area contributed by atoms with Gasteiger partial charge in [0.05, 0.1) is 6.54 Å². The van der Waals surface area contributed by atoms with Crippen molar-refractivity contribution in [3.8, 4) is 5.75 Å². The van der Waals surface area contributed by atoms with E-state index in [-0.39, 0.29) is 13.2 Å². The van der Waals surface area contributed by atoms with Gasteiger partial charge in [-0.1, -0.05) is 12.1 Å². The van der Waals surface area contributed by atoms with Crippen LogP contribution in [-0.2, 0) is 6.54 Å². The lowest BCUT2D eigenvalue weighted by molar-refractivity contribution is -0.143. The molecule has 6 heteroatoms. The first-order valence-corrected chi connectivity index (χ1v) is 7.13. The first-order valence-electron chi connectivity index (χ1n) is 7.13. The first-order chi connectivity index (χ1) is 9.92. The number of benzene rings is 1. The van der Waals surface area contributed by atoms with Gasteiger partial charge in [0, 0.05) is 19.1 Å². The molecule has 1 aliphatic rings. The highest BCUT2D eigenvalue weighted by Gasteiger charge is 2.28. The Balaban J connectivity index is 1.70. The van der Waals surface area contributed by atoms with E-state index in [1.165, 1.54) is 24.8 Å². The largest absolute Gasteiger partial charge is 0.492 e. The molecule has 0 saturated heterocycles. The van der Waals surface area contributed by atoms with Crippen LogP contribution in [0.1, 0.15) is 18.4 Å². The minimum absolute atomic E-state index is 0.240. The fourth-order valence-electron chi connectivity index (χ4n) is 2.00. The van der Waals surface area contributed by atoms with Crippen LogP contribution in [0.3, 0.4) is 0 Å². The molecule has 0 bridgehead atoms. The van der Waals surface area contributed by atoms with E-state index in [1.54, 1.807) is 0 Å². The Bertz CT molecular complexity index is 447. The number of nitrogens with zero attached hydrogens (tertiary/aromatic N) is 1. The Hall–Kier alpha value is -1.27. The van der Waals surface area contributed by atoms with Crippen molar-refractivity contribution < 1.29 is 17.9 Å². The third-order valence-corrected chi connectivity index (χ3v) is 3.26. The minimum atomic E-state index is -4.16. The van der Waals surface area contributed by atoms with Crippen LogP contribution in [0.2, 0.25) is 0 Å². The van der Waals surface area contributed by atoms with Crippen LogP contribution in [0, 0.1) is 0 Å². The summed E-state index contributed by atoms with van der Waals surface area (Å²) < 4.78 is 42.0.